The van der Waals surface area contributed by atoms with Gasteiger partial charge in [0, 0.05) is 4.88 Å². The number of aryl methyl sites for hydroxylation is 1. The Hall–Kier alpha value is -0.840. The number of methoxy groups -OCH3 is 1. The van der Waals surface area contributed by atoms with Crippen molar-refractivity contribution in [2.75, 3.05) is 7.11 Å². The van der Waals surface area contributed by atoms with Gasteiger partial charge in [-0.15, -0.1) is 11.3 Å². The van der Waals surface area contributed by atoms with E-state index in [9.17, 15) is 5.11 Å². The molecule has 0 bridgehead atoms. The van der Waals surface area contributed by atoms with Crippen molar-refractivity contribution in [3.05, 3.63) is 50.1 Å². The number of benzene rings is 1. The third-order valence-corrected chi connectivity index (χ3v) is 4.53. The van der Waals surface area contributed by atoms with Crippen molar-refractivity contribution in [2.24, 2.45) is 0 Å². The van der Waals surface area contributed by atoms with Gasteiger partial charge in [-0.1, -0.05) is 13.0 Å². The highest BCUT2D eigenvalue weighted by molar-refractivity contribution is 9.10. The Balaban J connectivity index is 2.34. The van der Waals surface area contributed by atoms with Crippen LogP contribution in [0.15, 0.2) is 34.1 Å². The molecule has 2 nitrogen and oxygen atoms in total. The van der Waals surface area contributed by atoms with Gasteiger partial charge in [0.15, 0.2) is 0 Å². The van der Waals surface area contributed by atoms with E-state index in [1.807, 2.05) is 23.6 Å². The number of ether oxygens (including phenoxy) is 1. The molecular weight excluding hydrogens is 312 g/mol. The fraction of sp³-hybridized carbons (Fsp3) is 0.286. The minimum Gasteiger partial charge on any atom is -0.496 e. The summed E-state index contributed by atoms with van der Waals surface area (Å²) in [4.78, 5) is 1.02. The Morgan fingerprint density at radius 2 is 2.17 bits per heavy atom. The van der Waals surface area contributed by atoms with Gasteiger partial charge >= 0.3 is 0 Å². The molecule has 0 aliphatic heterocycles. The van der Waals surface area contributed by atoms with Crippen LogP contribution in [0.3, 0.4) is 0 Å². The summed E-state index contributed by atoms with van der Waals surface area (Å²) in [7, 11) is 1.63. The van der Waals surface area contributed by atoms with Crippen LogP contribution in [0.5, 0.6) is 5.75 Å². The smallest absolute Gasteiger partial charge is 0.133 e. The molecule has 2 rings (SSSR count). The van der Waals surface area contributed by atoms with Crippen LogP contribution in [0.1, 0.15) is 29.0 Å². The van der Waals surface area contributed by atoms with Gasteiger partial charge in [-0.05, 0) is 57.1 Å². The fourth-order valence-corrected chi connectivity index (χ4v) is 3.45. The topological polar surface area (TPSA) is 29.5 Å². The Morgan fingerprint density at radius 1 is 1.39 bits per heavy atom. The van der Waals surface area contributed by atoms with Crippen molar-refractivity contribution in [3.63, 3.8) is 0 Å². The van der Waals surface area contributed by atoms with Crippen molar-refractivity contribution in [1.82, 2.24) is 0 Å². The van der Waals surface area contributed by atoms with Gasteiger partial charge in [-0.25, -0.2) is 0 Å². The van der Waals surface area contributed by atoms with Gasteiger partial charge in [0.05, 0.1) is 11.6 Å². The molecule has 0 saturated carbocycles. The lowest BCUT2D eigenvalue weighted by Crippen LogP contribution is -2.00. The molecule has 0 radical (unpaired) electrons. The first kappa shape index (κ1) is 13.6. The molecule has 0 aliphatic carbocycles. The summed E-state index contributed by atoms with van der Waals surface area (Å²) in [5, 5.41) is 12.5. The number of thiophene rings is 1. The summed E-state index contributed by atoms with van der Waals surface area (Å²) in [5.74, 6) is 0.771. The zero-order valence-corrected chi connectivity index (χ0v) is 12.7. The molecule has 1 heterocycles. The van der Waals surface area contributed by atoms with Crippen molar-refractivity contribution in [1.29, 1.82) is 0 Å². The van der Waals surface area contributed by atoms with Crippen LogP contribution >= 0.6 is 27.3 Å². The highest BCUT2D eigenvalue weighted by Gasteiger charge is 2.16. The highest BCUT2D eigenvalue weighted by Crippen LogP contribution is 2.34. The number of halogens is 1. The van der Waals surface area contributed by atoms with Crippen LogP contribution < -0.4 is 4.74 Å². The minimum absolute atomic E-state index is 0.567. The Morgan fingerprint density at radius 3 is 2.78 bits per heavy atom. The van der Waals surface area contributed by atoms with Crippen LogP contribution in [0, 0.1) is 0 Å². The average molecular weight is 327 g/mol. The minimum atomic E-state index is -0.567. The molecule has 0 saturated heterocycles. The van der Waals surface area contributed by atoms with Gasteiger partial charge in [-0.2, -0.15) is 0 Å². The second-order valence-corrected chi connectivity index (χ2v) is 5.76. The largest absolute Gasteiger partial charge is 0.496 e. The first-order chi connectivity index (χ1) is 8.67. The molecule has 18 heavy (non-hydrogen) atoms. The van der Waals surface area contributed by atoms with E-state index in [1.165, 1.54) is 5.56 Å². The zero-order valence-electron chi connectivity index (χ0n) is 10.3. The molecule has 0 aliphatic rings. The maximum Gasteiger partial charge on any atom is 0.133 e. The summed E-state index contributed by atoms with van der Waals surface area (Å²) in [6, 6.07) is 7.74. The molecule has 2 aromatic rings. The van der Waals surface area contributed by atoms with Crippen molar-refractivity contribution in [3.8, 4) is 5.75 Å². The first-order valence-electron chi connectivity index (χ1n) is 5.75. The summed E-state index contributed by atoms with van der Waals surface area (Å²) in [6.45, 7) is 2.10. The highest BCUT2D eigenvalue weighted by atomic mass is 79.9. The van der Waals surface area contributed by atoms with Crippen LogP contribution in [-0.4, -0.2) is 12.2 Å². The summed E-state index contributed by atoms with van der Waals surface area (Å²) >= 11 is 5.04. The zero-order chi connectivity index (χ0) is 13.1. The predicted octanol–water partition coefficient (Wildman–Crippen LogP) is 4.16. The molecule has 0 fully saturated rings. The van der Waals surface area contributed by atoms with Crippen molar-refractivity contribution >= 4 is 27.3 Å². The second kappa shape index (κ2) is 5.87. The third kappa shape index (κ3) is 2.60. The lowest BCUT2D eigenvalue weighted by Gasteiger charge is -2.13. The predicted molar refractivity (Wildman–Crippen MR) is 78.5 cm³/mol. The van der Waals surface area contributed by atoms with E-state index in [0.717, 1.165) is 27.1 Å². The summed E-state index contributed by atoms with van der Waals surface area (Å²) in [6.07, 6.45) is 0.370. The molecule has 1 N–H and O–H groups in total. The molecule has 1 unspecified atom stereocenters. The number of hydrogen-bond acceptors (Lipinski definition) is 3. The molecule has 96 valence electrons. The van der Waals surface area contributed by atoms with E-state index in [-0.39, 0.29) is 0 Å². The van der Waals surface area contributed by atoms with Gasteiger partial charge in [-0.3, -0.25) is 0 Å². The third-order valence-electron chi connectivity index (χ3n) is 2.90. The standard InChI is InChI=1S/C14H15BrO2S/c1-3-9-6-7-18-14(9)13(16)10-4-5-12(17-2)11(15)8-10/h4-8,13,16H,3H2,1-2H3. The molecule has 1 aromatic carbocycles. The fourth-order valence-electron chi connectivity index (χ4n) is 1.88. The molecule has 1 atom stereocenters. The quantitative estimate of drug-likeness (QED) is 0.913. The van der Waals surface area contributed by atoms with Crippen LogP contribution in [0.4, 0.5) is 0 Å². The Kier molecular flexibility index (Phi) is 4.43. The van der Waals surface area contributed by atoms with Gasteiger partial charge in [0.2, 0.25) is 0 Å². The van der Waals surface area contributed by atoms with Crippen molar-refractivity contribution < 1.29 is 9.84 Å². The molecular formula is C14H15BrO2S. The monoisotopic (exact) mass is 326 g/mol. The van der Waals surface area contributed by atoms with Crippen molar-refractivity contribution in [2.45, 2.75) is 19.4 Å². The number of aliphatic hydroxyl groups is 1. The first-order valence-corrected chi connectivity index (χ1v) is 7.42. The van der Waals surface area contributed by atoms with E-state index >= 15 is 0 Å². The number of rotatable bonds is 4. The second-order valence-electron chi connectivity index (χ2n) is 3.96. The number of hydrogen-bond donors (Lipinski definition) is 1. The Labute approximate surface area is 119 Å². The molecule has 0 spiro atoms. The van der Waals surface area contributed by atoms with Crippen LogP contribution in [0.2, 0.25) is 0 Å². The Bertz CT molecular complexity index is 536. The lowest BCUT2D eigenvalue weighted by molar-refractivity contribution is 0.223. The molecule has 0 amide bonds. The normalized spacial score (nSPS) is 12.4. The number of aliphatic hydroxyl groups excluding tert-OH is 1. The van der Waals surface area contributed by atoms with Gasteiger partial charge in [0.1, 0.15) is 11.9 Å². The summed E-state index contributed by atoms with van der Waals surface area (Å²) in [5.41, 5.74) is 2.08. The van der Waals surface area contributed by atoms with E-state index < -0.39 is 6.10 Å². The maximum absolute atomic E-state index is 10.4. The van der Waals surface area contributed by atoms with E-state index in [4.69, 9.17) is 4.74 Å². The lowest BCUT2D eigenvalue weighted by atomic mass is 10.0. The van der Waals surface area contributed by atoms with Gasteiger partial charge < -0.3 is 9.84 Å². The van der Waals surface area contributed by atoms with E-state index in [0.29, 0.717) is 0 Å². The van der Waals surface area contributed by atoms with Gasteiger partial charge in [0.25, 0.3) is 0 Å². The maximum atomic E-state index is 10.4. The molecule has 4 heteroatoms. The summed E-state index contributed by atoms with van der Waals surface area (Å²) < 4.78 is 6.05. The van der Waals surface area contributed by atoms with Crippen LogP contribution in [-0.2, 0) is 6.42 Å². The average Bonchev–Trinajstić information content (AvgIpc) is 2.86. The SMILES string of the molecule is CCc1ccsc1C(O)c1ccc(OC)c(Br)c1. The van der Waals surface area contributed by atoms with E-state index in [2.05, 4.69) is 28.9 Å². The van der Waals surface area contributed by atoms with Crippen LogP contribution in [0.25, 0.3) is 0 Å². The molecule has 1 aromatic heterocycles. The van der Waals surface area contributed by atoms with E-state index in [1.54, 1.807) is 18.4 Å².